The smallest absolute Gasteiger partial charge is 0.252 e. The zero-order valence-corrected chi connectivity index (χ0v) is 23.7. The summed E-state index contributed by atoms with van der Waals surface area (Å²) in [5, 5.41) is 9.78. The fourth-order valence-corrected chi connectivity index (χ4v) is 5.82. The van der Waals surface area contributed by atoms with Crippen LogP contribution in [0, 0.1) is 0 Å². The van der Waals surface area contributed by atoms with E-state index in [1.807, 2.05) is 51.4 Å². The molecule has 1 atom stereocenters. The van der Waals surface area contributed by atoms with Gasteiger partial charge in [-0.05, 0) is 76.0 Å². The second-order valence-electron chi connectivity index (χ2n) is 11.2. The number of carbonyl (C=O) groups excluding carboxylic acids is 2. The molecule has 2 amide bonds. The van der Waals surface area contributed by atoms with Gasteiger partial charge in [0, 0.05) is 31.7 Å². The van der Waals surface area contributed by atoms with Crippen molar-refractivity contribution in [3.05, 3.63) is 82.5 Å². The minimum Gasteiger partial charge on any atom is -0.362 e. The van der Waals surface area contributed by atoms with Gasteiger partial charge in [-0.3, -0.25) is 9.59 Å². The minimum atomic E-state index is -0.253. The highest BCUT2D eigenvalue weighted by atomic mass is 16.2. The molecule has 1 heterocycles. The van der Waals surface area contributed by atoms with E-state index < -0.39 is 0 Å². The zero-order valence-electron chi connectivity index (χ0n) is 23.7. The van der Waals surface area contributed by atoms with E-state index in [1.54, 1.807) is 24.3 Å². The molecule has 0 unspecified atom stereocenters. The summed E-state index contributed by atoms with van der Waals surface area (Å²) < 4.78 is 0. The second-order valence-corrected chi connectivity index (χ2v) is 11.2. The number of fused-ring (bicyclic) bond motifs is 1. The van der Waals surface area contributed by atoms with Crippen LogP contribution in [0.1, 0.15) is 89.0 Å². The molecule has 0 saturated heterocycles. The maximum absolute atomic E-state index is 13.3. The summed E-state index contributed by atoms with van der Waals surface area (Å²) >= 11 is 0. The van der Waals surface area contributed by atoms with Crippen molar-refractivity contribution in [1.82, 2.24) is 20.6 Å². The number of nitrogens with zero attached hydrogens (tertiary/aromatic N) is 3. The molecule has 8 heteroatoms. The maximum Gasteiger partial charge on any atom is 0.252 e. The molecule has 40 heavy (non-hydrogen) atoms. The Morgan fingerprint density at radius 2 is 1.45 bits per heavy atom. The predicted molar refractivity (Wildman–Crippen MR) is 159 cm³/mol. The first-order chi connectivity index (χ1) is 19.4. The molecule has 1 saturated carbocycles. The number of hydrogen-bond acceptors (Lipinski definition) is 6. The van der Waals surface area contributed by atoms with Crippen molar-refractivity contribution >= 4 is 23.6 Å². The average molecular weight is 541 g/mol. The quantitative estimate of drug-likeness (QED) is 0.369. The average Bonchev–Trinajstić information content (AvgIpc) is 2.98. The highest BCUT2D eigenvalue weighted by Crippen LogP contribution is 2.29. The molecule has 0 bridgehead atoms. The van der Waals surface area contributed by atoms with Crippen molar-refractivity contribution in [3.63, 3.8) is 0 Å². The molecule has 0 spiro atoms. The van der Waals surface area contributed by atoms with E-state index in [4.69, 9.17) is 9.97 Å². The lowest BCUT2D eigenvalue weighted by Gasteiger charge is -2.30. The normalized spacial score (nSPS) is 19.2. The largest absolute Gasteiger partial charge is 0.362 e. The standard InChI is InChI=1S/C32H40N6O2/c1-21(22-11-5-4-6-12-22)33-30(39)25-13-7-8-14-26(25)31(40)34-23-17-19-24(20-18-23)35-32-36-28-16-10-9-15-27(28)29(37-32)38(2)3/h4-8,11-14,21,23-24H,9-10,15-20H2,1-3H3,(H,33,39)(H,34,40)(H,35,36,37)/t21-,23?,24?/m0/s1. The number of benzene rings is 2. The van der Waals surface area contributed by atoms with Crippen LogP contribution in [-0.2, 0) is 12.8 Å². The topological polar surface area (TPSA) is 99.2 Å². The van der Waals surface area contributed by atoms with Crippen molar-refractivity contribution in [1.29, 1.82) is 0 Å². The Morgan fingerprint density at radius 3 is 2.15 bits per heavy atom. The van der Waals surface area contributed by atoms with Crippen molar-refractivity contribution in [2.24, 2.45) is 0 Å². The summed E-state index contributed by atoms with van der Waals surface area (Å²) in [6, 6.07) is 17.0. The van der Waals surface area contributed by atoms with Gasteiger partial charge in [-0.25, -0.2) is 4.98 Å². The van der Waals surface area contributed by atoms with Gasteiger partial charge >= 0.3 is 0 Å². The van der Waals surface area contributed by atoms with E-state index in [0.717, 1.165) is 49.9 Å². The lowest BCUT2D eigenvalue weighted by atomic mass is 9.91. The van der Waals surface area contributed by atoms with Gasteiger partial charge in [-0.15, -0.1) is 0 Å². The third-order valence-corrected chi connectivity index (χ3v) is 8.04. The van der Waals surface area contributed by atoms with Gasteiger partial charge in [0.15, 0.2) is 0 Å². The molecule has 210 valence electrons. The highest BCUT2D eigenvalue weighted by Gasteiger charge is 2.26. The van der Waals surface area contributed by atoms with Gasteiger partial charge in [0.2, 0.25) is 5.95 Å². The molecular formula is C32H40N6O2. The molecule has 3 aromatic rings. The summed E-state index contributed by atoms with van der Waals surface area (Å²) in [5.41, 5.74) is 4.27. The third kappa shape index (κ3) is 6.43. The van der Waals surface area contributed by atoms with E-state index in [1.165, 1.54) is 24.1 Å². The lowest BCUT2D eigenvalue weighted by Crippen LogP contribution is -2.41. The van der Waals surface area contributed by atoms with Gasteiger partial charge in [0.1, 0.15) is 5.82 Å². The van der Waals surface area contributed by atoms with E-state index >= 15 is 0 Å². The molecule has 2 aromatic carbocycles. The van der Waals surface area contributed by atoms with Crippen LogP contribution < -0.4 is 20.9 Å². The Hall–Kier alpha value is -3.94. The molecular weight excluding hydrogens is 500 g/mol. The maximum atomic E-state index is 13.3. The predicted octanol–water partition coefficient (Wildman–Crippen LogP) is 5.07. The van der Waals surface area contributed by atoms with Crippen LogP contribution in [0.3, 0.4) is 0 Å². The Labute approximate surface area is 237 Å². The zero-order chi connectivity index (χ0) is 28.1. The number of amides is 2. The van der Waals surface area contributed by atoms with Crippen molar-refractivity contribution in [3.8, 4) is 0 Å². The van der Waals surface area contributed by atoms with Crippen molar-refractivity contribution in [2.45, 2.75) is 76.4 Å². The van der Waals surface area contributed by atoms with Gasteiger partial charge < -0.3 is 20.9 Å². The molecule has 1 aromatic heterocycles. The van der Waals surface area contributed by atoms with Crippen molar-refractivity contribution < 1.29 is 9.59 Å². The van der Waals surface area contributed by atoms with Gasteiger partial charge in [-0.1, -0.05) is 42.5 Å². The van der Waals surface area contributed by atoms with Gasteiger partial charge in [0.25, 0.3) is 11.8 Å². The van der Waals surface area contributed by atoms with Crippen LogP contribution >= 0.6 is 0 Å². The number of nitrogens with one attached hydrogen (secondary N) is 3. The summed E-state index contributed by atoms with van der Waals surface area (Å²) in [6.45, 7) is 1.94. The monoisotopic (exact) mass is 540 g/mol. The van der Waals surface area contributed by atoms with E-state index in [2.05, 4.69) is 20.9 Å². The molecule has 0 radical (unpaired) electrons. The van der Waals surface area contributed by atoms with Crippen LogP contribution in [0.2, 0.25) is 0 Å². The van der Waals surface area contributed by atoms with E-state index in [9.17, 15) is 9.59 Å². The van der Waals surface area contributed by atoms with Gasteiger partial charge in [0.05, 0.1) is 22.9 Å². The first-order valence-corrected chi connectivity index (χ1v) is 14.5. The number of aromatic nitrogens is 2. The highest BCUT2D eigenvalue weighted by molar-refractivity contribution is 6.07. The lowest BCUT2D eigenvalue weighted by molar-refractivity contribution is 0.0897. The minimum absolute atomic E-state index is 0.0618. The van der Waals surface area contributed by atoms with Crippen LogP contribution in [0.4, 0.5) is 11.8 Å². The number of hydrogen-bond donors (Lipinski definition) is 3. The summed E-state index contributed by atoms with van der Waals surface area (Å²) in [5.74, 6) is 1.27. The van der Waals surface area contributed by atoms with Crippen LogP contribution in [0.25, 0.3) is 0 Å². The number of rotatable bonds is 8. The molecule has 2 aliphatic rings. The van der Waals surface area contributed by atoms with E-state index in [0.29, 0.717) is 17.1 Å². The summed E-state index contributed by atoms with van der Waals surface area (Å²) in [6.07, 6.45) is 7.97. The third-order valence-electron chi connectivity index (χ3n) is 8.04. The Morgan fingerprint density at radius 1 is 0.825 bits per heavy atom. The SMILES string of the molecule is C[C@H](NC(=O)c1ccccc1C(=O)NC1CCC(Nc2nc3c(c(N(C)C)n2)CCCC3)CC1)c1ccccc1. The Bertz CT molecular complexity index is 1330. The molecule has 3 N–H and O–H groups in total. The summed E-state index contributed by atoms with van der Waals surface area (Å²) in [4.78, 5) is 38.2. The van der Waals surface area contributed by atoms with Crippen LogP contribution in [0.5, 0.6) is 0 Å². The number of carbonyl (C=O) groups is 2. The fourth-order valence-electron chi connectivity index (χ4n) is 5.82. The van der Waals surface area contributed by atoms with Crippen LogP contribution in [-0.4, -0.2) is 48.0 Å². The molecule has 0 aliphatic heterocycles. The number of anilines is 2. The first-order valence-electron chi connectivity index (χ1n) is 14.5. The molecule has 2 aliphatic carbocycles. The number of aryl methyl sites for hydroxylation is 1. The fraction of sp³-hybridized carbons (Fsp3) is 0.438. The van der Waals surface area contributed by atoms with Crippen LogP contribution in [0.15, 0.2) is 54.6 Å². The summed E-state index contributed by atoms with van der Waals surface area (Å²) in [7, 11) is 4.08. The van der Waals surface area contributed by atoms with E-state index in [-0.39, 0.29) is 29.9 Å². The van der Waals surface area contributed by atoms with Crippen molar-refractivity contribution in [2.75, 3.05) is 24.3 Å². The Kier molecular flexibility index (Phi) is 8.63. The molecule has 8 nitrogen and oxygen atoms in total. The van der Waals surface area contributed by atoms with Gasteiger partial charge in [-0.2, -0.15) is 4.98 Å². The Balaban J connectivity index is 1.17. The first kappa shape index (κ1) is 27.6. The molecule has 5 rings (SSSR count). The second kappa shape index (κ2) is 12.5. The molecule has 1 fully saturated rings.